The van der Waals surface area contributed by atoms with Crippen LogP contribution in [0.3, 0.4) is 0 Å². The molecule has 0 bridgehead atoms. The summed E-state index contributed by atoms with van der Waals surface area (Å²) >= 11 is 1.29. The third-order valence-corrected chi connectivity index (χ3v) is 5.17. The smallest absolute Gasteiger partial charge is 0.338 e. The van der Waals surface area contributed by atoms with Crippen LogP contribution in [0.2, 0.25) is 0 Å². The molecule has 0 atom stereocenters. The van der Waals surface area contributed by atoms with E-state index >= 15 is 0 Å². The molecule has 0 radical (unpaired) electrons. The van der Waals surface area contributed by atoms with Gasteiger partial charge in [-0.25, -0.2) is 19.4 Å². The number of pyridine rings is 1. The Morgan fingerprint density at radius 1 is 1.24 bits per heavy atom. The van der Waals surface area contributed by atoms with Gasteiger partial charge in [0.15, 0.2) is 10.9 Å². The Labute approximate surface area is 170 Å². The highest BCUT2D eigenvalue weighted by Gasteiger charge is 2.18. The number of amides is 1. The van der Waals surface area contributed by atoms with Crippen LogP contribution < -0.4 is 5.32 Å². The number of hydrogen-bond donors (Lipinski definition) is 1. The predicted octanol–water partition coefficient (Wildman–Crippen LogP) is 3.61. The molecule has 9 heteroatoms. The normalized spacial score (nSPS) is 10.8. The molecule has 3 heterocycles. The number of nitrogens with one attached hydrogen (secondary N) is 1. The van der Waals surface area contributed by atoms with Gasteiger partial charge in [0.1, 0.15) is 0 Å². The largest absolute Gasteiger partial charge is 0.462 e. The molecule has 3 aromatic heterocycles. The monoisotopic (exact) mass is 407 g/mol. The van der Waals surface area contributed by atoms with Crippen molar-refractivity contribution >= 4 is 38.6 Å². The van der Waals surface area contributed by atoms with Gasteiger partial charge < -0.3 is 4.74 Å². The summed E-state index contributed by atoms with van der Waals surface area (Å²) in [4.78, 5) is 33.3. The van der Waals surface area contributed by atoms with Gasteiger partial charge in [0.05, 0.1) is 39.8 Å². The molecule has 1 N–H and O–H groups in total. The van der Waals surface area contributed by atoms with E-state index in [2.05, 4.69) is 20.4 Å². The Bertz CT molecular complexity index is 1200. The first kappa shape index (κ1) is 18.8. The number of aromatic nitrogens is 4. The second kappa shape index (κ2) is 7.80. The number of anilines is 1. The van der Waals surface area contributed by atoms with E-state index in [1.54, 1.807) is 42.9 Å². The van der Waals surface area contributed by atoms with Crippen molar-refractivity contribution < 1.29 is 14.3 Å². The lowest BCUT2D eigenvalue weighted by atomic mass is 10.2. The minimum Gasteiger partial charge on any atom is -0.462 e. The fourth-order valence-corrected chi connectivity index (χ4v) is 3.73. The van der Waals surface area contributed by atoms with Gasteiger partial charge in [-0.1, -0.05) is 17.4 Å². The summed E-state index contributed by atoms with van der Waals surface area (Å²) in [6, 6.07) is 10.6. The van der Waals surface area contributed by atoms with Gasteiger partial charge >= 0.3 is 5.97 Å². The molecule has 146 valence electrons. The molecule has 4 rings (SSSR count). The highest BCUT2D eigenvalue weighted by Crippen LogP contribution is 2.27. The van der Waals surface area contributed by atoms with Gasteiger partial charge in [-0.3, -0.25) is 10.1 Å². The van der Waals surface area contributed by atoms with E-state index in [9.17, 15) is 9.59 Å². The summed E-state index contributed by atoms with van der Waals surface area (Å²) in [5.74, 6) is -0.0594. The summed E-state index contributed by atoms with van der Waals surface area (Å²) in [5.41, 5.74) is 2.25. The Morgan fingerprint density at radius 2 is 2.10 bits per heavy atom. The van der Waals surface area contributed by atoms with E-state index in [-0.39, 0.29) is 11.9 Å². The fraction of sp³-hybridized carbons (Fsp3) is 0.150. The second-order valence-electron chi connectivity index (χ2n) is 6.12. The number of fused-ring (bicyclic) bond motifs is 1. The predicted molar refractivity (Wildman–Crippen MR) is 110 cm³/mol. The molecule has 0 saturated heterocycles. The van der Waals surface area contributed by atoms with E-state index < -0.39 is 0 Å². The van der Waals surface area contributed by atoms with Crippen LogP contribution >= 0.6 is 11.3 Å². The molecule has 1 aromatic carbocycles. The Kier molecular flexibility index (Phi) is 5.05. The number of benzene rings is 1. The molecule has 0 unspecified atom stereocenters. The number of ether oxygens (including phenoxy) is 1. The molecule has 4 aromatic rings. The summed E-state index contributed by atoms with van der Waals surface area (Å²) in [6.45, 7) is 3.88. The van der Waals surface area contributed by atoms with Crippen LogP contribution in [0.15, 0.2) is 48.8 Å². The topological polar surface area (TPSA) is 99.0 Å². The summed E-state index contributed by atoms with van der Waals surface area (Å²) < 4.78 is 7.41. The van der Waals surface area contributed by atoms with Gasteiger partial charge in [-0.2, -0.15) is 5.10 Å². The van der Waals surface area contributed by atoms with Gasteiger partial charge in [0.2, 0.25) is 0 Å². The standard InChI is InChI=1S/C20H17N5O3S/c1-3-28-19(27)13-7-8-15-16(10-13)29-20(23-15)24-18(26)14-11-22-25(12(14)2)17-6-4-5-9-21-17/h4-11H,3H2,1-2H3,(H,23,24,26). The van der Waals surface area contributed by atoms with Crippen molar-refractivity contribution in [2.45, 2.75) is 13.8 Å². The van der Waals surface area contributed by atoms with Crippen LogP contribution in [0.1, 0.15) is 33.3 Å². The lowest BCUT2D eigenvalue weighted by Crippen LogP contribution is -2.13. The summed E-state index contributed by atoms with van der Waals surface area (Å²) in [7, 11) is 0. The van der Waals surface area contributed by atoms with Crippen LogP contribution in [0.4, 0.5) is 5.13 Å². The van der Waals surface area contributed by atoms with Crippen LogP contribution in [0.5, 0.6) is 0 Å². The molecular weight excluding hydrogens is 390 g/mol. The molecule has 0 fully saturated rings. The van der Waals surface area contributed by atoms with Gasteiger partial charge in [-0.05, 0) is 44.2 Å². The van der Waals surface area contributed by atoms with Crippen LogP contribution in [-0.4, -0.2) is 38.2 Å². The molecule has 0 saturated carbocycles. The van der Waals surface area contributed by atoms with Crippen molar-refractivity contribution in [3.05, 3.63) is 65.6 Å². The highest BCUT2D eigenvalue weighted by atomic mass is 32.1. The van der Waals surface area contributed by atoms with Crippen molar-refractivity contribution in [1.82, 2.24) is 19.7 Å². The molecule has 8 nitrogen and oxygen atoms in total. The van der Waals surface area contributed by atoms with Gasteiger partial charge in [-0.15, -0.1) is 0 Å². The van der Waals surface area contributed by atoms with Crippen LogP contribution in [-0.2, 0) is 4.74 Å². The first-order valence-electron chi connectivity index (χ1n) is 8.92. The SMILES string of the molecule is CCOC(=O)c1ccc2nc(NC(=O)c3cnn(-c4ccccn4)c3C)sc2c1. The summed E-state index contributed by atoms with van der Waals surface area (Å²) in [6.07, 6.45) is 3.17. The Balaban J connectivity index is 1.56. The maximum absolute atomic E-state index is 12.7. The zero-order valence-electron chi connectivity index (χ0n) is 15.7. The van der Waals surface area contributed by atoms with Gasteiger partial charge in [0, 0.05) is 6.20 Å². The second-order valence-corrected chi connectivity index (χ2v) is 7.15. The Hall–Kier alpha value is -3.59. The number of nitrogens with zero attached hydrogens (tertiary/aromatic N) is 4. The molecule has 0 spiro atoms. The number of thiazole rings is 1. The molecule has 0 aliphatic carbocycles. The van der Waals surface area contributed by atoms with E-state index in [1.807, 2.05) is 18.2 Å². The Morgan fingerprint density at radius 3 is 2.86 bits per heavy atom. The average molecular weight is 407 g/mol. The lowest BCUT2D eigenvalue weighted by molar-refractivity contribution is 0.0526. The first-order chi connectivity index (χ1) is 14.1. The van der Waals surface area contributed by atoms with Crippen molar-refractivity contribution in [3.8, 4) is 5.82 Å². The number of carbonyl (C=O) groups excluding carboxylic acids is 2. The molecule has 0 aliphatic rings. The number of rotatable bonds is 5. The van der Waals surface area contributed by atoms with Gasteiger partial charge in [0.25, 0.3) is 5.91 Å². The molecule has 1 amide bonds. The van der Waals surface area contributed by atoms with E-state index in [1.165, 1.54) is 17.5 Å². The lowest BCUT2D eigenvalue weighted by Gasteiger charge is -2.04. The van der Waals surface area contributed by atoms with Crippen molar-refractivity contribution in [3.63, 3.8) is 0 Å². The zero-order chi connectivity index (χ0) is 20.4. The third-order valence-electron chi connectivity index (χ3n) is 4.24. The first-order valence-corrected chi connectivity index (χ1v) is 9.73. The minimum absolute atomic E-state index is 0.311. The third kappa shape index (κ3) is 3.72. The average Bonchev–Trinajstić information content (AvgIpc) is 3.30. The maximum atomic E-state index is 12.7. The highest BCUT2D eigenvalue weighted by molar-refractivity contribution is 7.22. The zero-order valence-corrected chi connectivity index (χ0v) is 16.6. The summed E-state index contributed by atoms with van der Waals surface area (Å²) in [5, 5.41) is 7.51. The molecule has 29 heavy (non-hydrogen) atoms. The van der Waals surface area contributed by atoms with E-state index in [4.69, 9.17) is 4.74 Å². The maximum Gasteiger partial charge on any atom is 0.338 e. The molecular formula is C20H17N5O3S. The van der Waals surface area contributed by atoms with E-state index in [0.29, 0.717) is 39.9 Å². The van der Waals surface area contributed by atoms with E-state index in [0.717, 1.165) is 4.70 Å². The quantitative estimate of drug-likeness (QED) is 0.508. The van der Waals surface area contributed by atoms with Crippen molar-refractivity contribution in [2.24, 2.45) is 0 Å². The van der Waals surface area contributed by atoms with Crippen molar-refractivity contribution in [2.75, 3.05) is 11.9 Å². The molecule has 0 aliphatic heterocycles. The minimum atomic E-state index is -0.383. The van der Waals surface area contributed by atoms with Crippen LogP contribution in [0, 0.1) is 6.92 Å². The van der Waals surface area contributed by atoms with Crippen LogP contribution in [0.25, 0.3) is 16.0 Å². The number of esters is 1. The number of carbonyl (C=O) groups is 2. The number of hydrogen-bond acceptors (Lipinski definition) is 7. The van der Waals surface area contributed by atoms with Crippen molar-refractivity contribution in [1.29, 1.82) is 0 Å². The fourth-order valence-electron chi connectivity index (χ4n) is 2.83.